The molecule has 0 saturated carbocycles. The maximum Gasteiger partial charge on any atom is 0.350 e. The number of H-pyrrole nitrogens is 1. The quantitative estimate of drug-likeness (QED) is 0.455. The summed E-state index contributed by atoms with van der Waals surface area (Å²) in [6.45, 7) is 2.93. The van der Waals surface area contributed by atoms with E-state index in [1.807, 2.05) is 4.98 Å². The second kappa shape index (κ2) is 5.61. The van der Waals surface area contributed by atoms with E-state index < -0.39 is 40.8 Å². The van der Waals surface area contributed by atoms with E-state index in [1.165, 1.54) is 13.8 Å². The summed E-state index contributed by atoms with van der Waals surface area (Å²) in [5, 5.41) is 19.9. The molecule has 1 aliphatic heterocycles. The Morgan fingerprint density at radius 1 is 1.62 bits per heavy atom. The number of aliphatic hydroxyl groups is 2. The van der Waals surface area contributed by atoms with Crippen molar-refractivity contribution in [2.75, 3.05) is 0 Å². The van der Waals surface area contributed by atoms with Crippen LogP contribution in [0.2, 0.25) is 0 Å². The molecule has 1 fully saturated rings. The summed E-state index contributed by atoms with van der Waals surface area (Å²) >= 11 is 6.33. The molecule has 0 radical (unpaired) electrons. The third-order valence-electron chi connectivity index (χ3n) is 3.18. The Morgan fingerprint density at radius 2 is 2.29 bits per heavy atom. The zero-order valence-electron chi connectivity index (χ0n) is 11.3. The minimum absolute atomic E-state index is 0.804. The van der Waals surface area contributed by atoms with Crippen LogP contribution in [0.15, 0.2) is 15.9 Å². The summed E-state index contributed by atoms with van der Waals surface area (Å²) in [4.78, 5) is 26.6. The van der Waals surface area contributed by atoms with Gasteiger partial charge in [-0.2, -0.15) is 4.98 Å². The van der Waals surface area contributed by atoms with Gasteiger partial charge in [-0.25, -0.2) is 9.59 Å². The number of aromatic nitrogens is 3. The zero-order chi connectivity index (χ0) is 15.8. The molecule has 5 atom stereocenters. The average Bonchev–Trinajstić information content (AvgIpc) is 2.64. The van der Waals surface area contributed by atoms with Crippen LogP contribution in [-0.4, -0.2) is 47.9 Å². The van der Waals surface area contributed by atoms with Gasteiger partial charge in [0.25, 0.3) is 0 Å². The van der Waals surface area contributed by atoms with E-state index in [-0.39, 0.29) is 0 Å². The molecule has 0 aromatic carbocycles. The number of halogens is 1. The highest BCUT2D eigenvalue weighted by Gasteiger charge is 2.57. The van der Waals surface area contributed by atoms with Gasteiger partial charge in [0.05, 0.1) is 6.10 Å². The summed E-state index contributed by atoms with van der Waals surface area (Å²) in [5.74, 6) is 5.16. The van der Waals surface area contributed by atoms with Crippen molar-refractivity contribution in [1.29, 1.82) is 0 Å². The molecule has 114 valence electrons. The van der Waals surface area contributed by atoms with Crippen molar-refractivity contribution in [1.82, 2.24) is 14.5 Å². The van der Waals surface area contributed by atoms with Gasteiger partial charge < -0.3 is 14.9 Å². The second-order valence-corrected chi connectivity index (χ2v) is 5.29. The molecule has 0 amide bonds. The van der Waals surface area contributed by atoms with Crippen LogP contribution in [0, 0.1) is 11.8 Å². The molecule has 21 heavy (non-hydrogen) atoms. The standard InChI is InChI=1S/C12H14ClN3O5/c1-3-4-12(13)8(18)7(6(2)17)21-9(12)16-5-14-10(19)15-11(16)20/h5-9,17-18H,1-2H3,(H,15,19,20)/t6-,7-,8?,9-,12-/m1/s1. The van der Waals surface area contributed by atoms with Gasteiger partial charge >= 0.3 is 11.4 Å². The topological polar surface area (TPSA) is 117 Å². The van der Waals surface area contributed by atoms with Crippen LogP contribution in [-0.2, 0) is 4.74 Å². The third-order valence-corrected chi connectivity index (χ3v) is 3.68. The molecule has 8 nitrogen and oxygen atoms in total. The number of nitrogens with zero attached hydrogens (tertiary/aromatic N) is 2. The first-order chi connectivity index (χ1) is 9.81. The molecular formula is C12H14ClN3O5. The van der Waals surface area contributed by atoms with Gasteiger partial charge in [0.1, 0.15) is 18.5 Å². The molecule has 1 saturated heterocycles. The minimum Gasteiger partial charge on any atom is -0.391 e. The molecule has 1 aromatic rings. The highest BCUT2D eigenvalue weighted by molar-refractivity contribution is 6.27. The highest BCUT2D eigenvalue weighted by Crippen LogP contribution is 2.43. The normalized spacial score (nSPS) is 33.3. The Balaban J connectivity index is 2.56. The monoisotopic (exact) mass is 315 g/mol. The molecule has 9 heteroatoms. The maximum absolute atomic E-state index is 11.8. The molecule has 1 aromatic heterocycles. The van der Waals surface area contributed by atoms with Crippen molar-refractivity contribution < 1.29 is 14.9 Å². The molecular weight excluding hydrogens is 302 g/mol. The van der Waals surface area contributed by atoms with Crippen LogP contribution in [0.25, 0.3) is 0 Å². The second-order valence-electron chi connectivity index (χ2n) is 4.67. The molecule has 3 N–H and O–H groups in total. The smallest absolute Gasteiger partial charge is 0.350 e. The van der Waals surface area contributed by atoms with E-state index in [2.05, 4.69) is 16.8 Å². The molecule has 2 rings (SSSR count). The lowest BCUT2D eigenvalue weighted by Gasteiger charge is -2.25. The first kappa shape index (κ1) is 15.7. The van der Waals surface area contributed by atoms with Gasteiger partial charge in [-0.1, -0.05) is 17.5 Å². The van der Waals surface area contributed by atoms with Gasteiger partial charge in [-0.15, -0.1) is 5.92 Å². The number of alkyl halides is 1. The molecule has 0 bridgehead atoms. The number of hydrogen-bond donors (Lipinski definition) is 3. The van der Waals surface area contributed by atoms with Crippen LogP contribution in [0.3, 0.4) is 0 Å². The average molecular weight is 316 g/mol. The van der Waals surface area contributed by atoms with Gasteiger partial charge in [-0.05, 0) is 13.8 Å². The fourth-order valence-electron chi connectivity index (χ4n) is 2.20. The number of aromatic amines is 1. The lowest BCUT2D eigenvalue weighted by molar-refractivity contribution is -0.0776. The summed E-state index contributed by atoms with van der Waals surface area (Å²) in [6, 6.07) is 0. The number of hydrogen-bond acceptors (Lipinski definition) is 6. The summed E-state index contributed by atoms with van der Waals surface area (Å²) in [7, 11) is 0. The van der Waals surface area contributed by atoms with Crippen LogP contribution in [0.1, 0.15) is 20.1 Å². The lowest BCUT2D eigenvalue weighted by atomic mass is 9.97. The van der Waals surface area contributed by atoms with Gasteiger partial charge in [0.2, 0.25) is 0 Å². The highest BCUT2D eigenvalue weighted by atomic mass is 35.5. The van der Waals surface area contributed by atoms with Crippen LogP contribution in [0.4, 0.5) is 0 Å². The van der Waals surface area contributed by atoms with Crippen molar-refractivity contribution in [2.45, 2.75) is 43.3 Å². The molecule has 1 unspecified atom stereocenters. The van der Waals surface area contributed by atoms with E-state index in [9.17, 15) is 19.8 Å². The summed E-state index contributed by atoms with van der Waals surface area (Å²) < 4.78 is 6.40. The van der Waals surface area contributed by atoms with E-state index in [1.54, 1.807) is 0 Å². The molecule has 0 aliphatic carbocycles. The lowest BCUT2D eigenvalue weighted by Crippen LogP contribution is -2.45. The van der Waals surface area contributed by atoms with Gasteiger partial charge in [-0.3, -0.25) is 9.55 Å². The van der Waals surface area contributed by atoms with Gasteiger partial charge in [0.15, 0.2) is 11.1 Å². The molecule has 0 spiro atoms. The van der Waals surface area contributed by atoms with Crippen molar-refractivity contribution >= 4 is 11.6 Å². The van der Waals surface area contributed by atoms with E-state index in [0.717, 1.165) is 10.9 Å². The summed E-state index contributed by atoms with van der Waals surface area (Å²) in [5.41, 5.74) is -1.62. The fourth-order valence-corrected chi connectivity index (χ4v) is 2.58. The van der Waals surface area contributed by atoms with Crippen LogP contribution < -0.4 is 11.4 Å². The van der Waals surface area contributed by atoms with E-state index >= 15 is 0 Å². The van der Waals surface area contributed by atoms with Crippen molar-refractivity contribution in [2.24, 2.45) is 0 Å². The largest absolute Gasteiger partial charge is 0.391 e. The first-order valence-corrected chi connectivity index (χ1v) is 6.51. The van der Waals surface area contributed by atoms with Crippen molar-refractivity contribution in [3.05, 3.63) is 27.3 Å². The predicted octanol–water partition coefficient (Wildman–Crippen LogP) is -1.43. The molecule has 1 aliphatic rings. The third kappa shape index (κ3) is 2.61. The van der Waals surface area contributed by atoms with E-state index in [0.29, 0.717) is 0 Å². The first-order valence-electron chi connectivity index (χ1n) is 6.13. The number of nitrogens with one attached hydrogen (secondary N) is 1. The molecule has 2 heterocycles. The fraction of sp³-hybridized carbons (Fsp3) is 0.583. The maximum atomic E-state index is 11.8. The Bertz CT molecular complexity index is 703. The SMILES string of the molecule is CC#C[C@@]1(Cl)C(O)[C@@H]([C@@H](C)O)O[C@H]1n1cnc(=O)[nH]c1=O. The Labute approximate surface area is 124 Å². The van der Waals surface area contributed by atoms with Crippen LogP contribution >= 0.6 is 11.6 Å². The van der Waals surface area contributed by atoms with Gasteiger partial charge in [0, 0.05) is 0 Å². The number of rotatable bonds is 2. The van der Waals surface area contributed by atoms with Crippen LogP contribution in [0.5, 0.6) is 0 Å². The zero-order valence-corrected chi connectivity index (χ0v) is 12.0. The number of aliphatic hydroxyl groups excluding tert-OH is 2. The summed E-state index contributed by atoms with van der Waals surface area (Å²) in [6.07, 6.45) is -3.66. The van der Waals surface area contributed by atoms with Crippen molar-refractivity contribution in [3.63, 3.8) is 0 Å². The minimum atomic E-state index is -1.65. The Morgan fingerprint density at radius 3 is 2.81 bits per heavy atom. The van der Waals surface area contributed by atoms with Crippen molar-refractivity contribution in [3.8, 4) is 11.8 Å². The number of ether oxygens (including phenoxy) is 1. The predicted molar refractivity (Wildman–Crippen MR) is 72.7 cm³/mol. The Hall–Kier alpha value is -1.66. The van der Waals surface area contributed by atoms with E-state index in [4.69, 9.17) is 16.3 Å². The Kier molecular flexibility index (Phi) is 4.20.